The number of aryl methyl sites for hydroxylation is 1. The third-order valence-corrected chi connectivity index (χ3v) is 4.17. The minimum atomic E-state index is -6.57. The van der Waals surface area contributed by atoms with Gasteiger partial charge in [0.1, 0.15) is 0 Å². The summed E-state index contributed by atoms with van der Waals surface area (Å²) < 4.78 is 130. The summed E-state index contributed by atoms with van der Waals surface area (Å²) in [5.41, 5.74) is -1.33. The summed E-state index contributed by atoms with van der Waals surface area (Å²) in [6, 6.07) is 7.45. The van der Waals surface area contributed by atoms with Gasteiger partial charge in [-0.15, -0.1) is 0 Å². The van der Waals surface area contributed by atoms with Crippen LogP contribution in [-0.2, 0) is 5.92 Å². The fraction of sp³-hybridized carbons (Fsp3) is 0.368. The van der Waals surface area contributed by atoms with Crippen molar-refractivity contribution in [3.05, 3.63) is 59.7 Å². The molecule has 0 aliphatic heterocycles. The SMILES string of the molecule is Cc1cccc(N(CC(O)C(F)(F)F)Oc2cccc(C(F)(F)C(F)(F)C(F)(F)F)c2)c1. The smallest absolute Gasteiger partial charge is 0.382 e. The van der Waals surface area contributed by atoms with E-state index >= 15 is 0 Å². The average Bonchev–Trinajstić information content (AvgIpc) is 2.66. The highest BCUT2D eigenvalue weighted by Gasteiger charge is 2.73. The molecule has 178 valence electrons. The van der Waals surface area contributed by atoms with Gasteiger partial charge in [-0.1, -0.05) is 24.3 Å². The molecule has 1 N–H and O–H groups in total. The van der Waals surface area contributed by atoms with E-state index in [1.54, 1.807) is 13.0 Å². The Balaban J connectivity index is 2.43. The van der Waals surface area contributed by atoms with Gasteiger partial charge in [-0.3, -0.25) is 0 Å². The first kappa shape index (κ1) is 25.6. The van der Waals surface area contributed by atoms with Crippen LogP contribution in [0, 0.1) is 6.92 Å². The zero-order valence-corrected chi connectivity index (χ0v) is 16.0. The Morgan fingerprint density at radius 1 is 0.875 bits per heavy atom. The Labute approximate surface area is 174 Å². The molecule has 0 aliphatic carbocycles. The van der Waals surface area contributed by atoms with Crippen LogP contribution >= 0.6 is 0 Å². The van der Waals surface area contributed by atoms with E-state index in [4.69, 9.17) is 4.84 Å². The number of halogens is 10. The maximum atomic E-state index is 14.0. The van der Waals surface area contributed by atoms with Crippen molar-refractivity contribution in [1.29, 1.82) is 0 Å². The van der Waals surface area contributed by atoms with Gasteiger partial charge < -0.3 is 9.94 Å². The van der Waals surface area contributed by atoms with Crippen molar-refractivity contribution in [3.63, 3.8) is 0 Å². The lowest BCUT2D eigenvalue weighted by atomic mass is 10.0. The first-order valence-electron chi connectivity index (χ1n) is 8.66. The Hall–Kier alpha value is -2.70. The molecular weight excluding hydrogens is 464 g/mol. The Morgan fingerprint density at radius 2 is 1.47 bits per heavy atom. The maximum Gasteiger partial charge on any atom is 0.460 e. The monoisotopic (exact) mass is 479 g/mol. The van der Waals surface area contributed by atoms with Crippen molar-refractivity contribution in [1.82, 2.24) is 0 Å². The van der Waals surface area contributed by atoms with Crippen molar-refractivity contribution in [3.8, 4) is 5.75 Å². The fourth-order valence-corrected chi connectivity index (χ4v) is 2.47. The summed E-state index contributed by atoms with van der Waals surface area (Å²) in [6.07, 6.45) is -14.6. The van der Waals surface area contributed by atoms with Crippen LogP contribution in [0.2, 0.25) is 0 Å². The molecule has 0 saturated carbocycles. The summed E-state index contributed by atoms with van der Waals surface area (Å²) in [6.45, 7) is 0.300. The van der Waals surface area contributed by atoms with E-state index in [2.05, 4.69) is 0 Å². The van der Waals surface area contributed by atoms with Crippen LogP contribution in [0.4, 0.5) is 49.6 Å². The van der Waals surface area contributed by atoms with Crippen LogP contribution in [0.15, 0.2) is 48.5 Å². The van der Waals surface area contributed by atoms with E-state index in [1.165, 1.54) is 18.2 Å². The zero-order valence-electron chi connectivity index (χ0n) is 16.0. The van der Waals surface area contributed by atoms with Gasteiger partial charge in [0.2, 0.25) is 0 Å². The van der Waals surface area contributed by atoms with Crippen LogP contribution in [-0.4, -0.2) is 36.0 Å². The predicted octanol–water partition coefficient (Wildman–Crippen LogP) is 6.01. The molecule has 0 fully saturated rings. The van der Waals surface area contributed by atoms with Crippen LogP contribution in [0.5, 0.6) is 5.75 Å². The second-order valence-electron chi connectivity index (χ2n) is 6.72. The Bertz CT molecular complexity index is 927. The van der Waals surface area contributed by atoms with Gasteiger partial charge in [0.15, 0.2) is 11.9 Å². The molecule has 0 aliphatic rings. The van der Waals surface area contributed by atoms with Crippen molar-refractivity contribution in [2.24, 2.45) is 0 Å². The standard InChI is InChI=1S/C19H15F10NO2/c1-11-4-2-6-13(8-11)30(10-15(31)17(22,23)24)32-14-7-3-5-12(9-14)16(20,21)18(25,26)19(27,28)29/h2-9,15,31H,10H2,1H3. The molecule has 2 aromatic rings. The highest BCUT2D eigenvalue weighted by Crippen LogP contribution is 2.52. The topological polar surface area (TPSA) is 32.7 Å². The van der Waals surface area contributed by atoms with Gasteiger partial charge in [0.05, 0.1) is 12.2 Å². The number of alkyl halides is 10. The molecule has 2 aromatic carbocycles. The lowest BCUT2D eigenvalue weighted by Crippen LogP contribution is -2.50. The number of benzene rings is 2. The first-order valence-corrected chi connectivity index (χ1v) is 8.66. The molecule has 2 rings (SSSR count). The van der Waals surface area contributed by atoms with Gasteiger partial charge in [-0.25, -0.2) is 5.06 Å². The van der Waals surface area contributed by atoms with Crippen molar-refractivity contribution >= 4 is 5.69 Å². The number of nitrogens with zero attached hydrogens (tertiary/aromatic N) is 1. The molecule has 0 spiro atoms. The van der Waals surface area contributed by atoms with Crippen LogP contribution in [0.3, 0.4) is 0 Å². The maximum absolute atomic E-state index is 14.0. The predicted molar refractivity (Wildman–Crippen MR) is 92.6 cm³/mol. The molecular formula is C19H15F10NO2. The van der Waals surface area contributed by atoms with E-state index in [1.807, 2.05) is 0 Å². The number of hydrogen-bond donors (Lipinski definition) is 1. The molecule has 0 radical (unpaired) electrons. The lowest BCUT2D eigenvalue weighted by Gasteiger charge is -2.30. The molecule has 0 amide bonds. The number of hydroxylamine groups is 1. The van der Waals surface area contributed by atoms with E-state index < -0.39 is 48.2 Å². The van der Waals surface area contributed by atoms with Crippen LogP contribution in [0.25, 0.3) is 0 Å². The largest absolute Gasteiger partial charge is 0.460 e. The number of aliphatic hydroxyl groups excluding tert-OH is 1. The summed E-state index contributed by atoms with van der Waals surface area (Å²) in [5, 5.41) is 9.80. The van der Waals surface area contributed by atoms with Gasteiger partial charge >= 0.3 is 24.2 Å². The third kappa shape index (κ3) is 5.37. The normalized spacial score (nSPS) is 14.2. The molecule has 1 atom stereocenters. The molecule has 3 nitrogen and oxygen atoms in total. The Morgan fingerprint density at radius 3 is 2.00 bits per heavy atom. The third-order valence-electron chi connectivity index (χ3n) is 4.17. The number of hydrogen-bond acceptors (Lipinski definition) is 3. The van der Waals surface area contributed by atoms with Crippen molar-refractivity contribution in [2.45, 2.75) is 37.2 Å². The number of aliphatic hydroxyl groups is 1. The zero-order chi connectivity index (χ0) is 24.5. The average molecular weight is 479 g/mol. The van der Waals surface area contributed by atoms with Gasteiger partial charge in [-0.05, 0) is 36.8 Å². The molecule has 0 aromatic heterocycles. The Kier molecular flexibility index (Phi) is 6.93. The quantitative estimate of drug-likeness (QED) is 0.390. The molecule has 32 heavy (non-hydrogen) atoms. The summed E-state index contributed by atoms with van der Waals surface area (Å²) in [5.74, 6) is -12.9. The van der Waals surface area contributed by atoms with Gasteiger partial charge in [-0.2, -0.15) is 43.9 Å². The highest BCUT2D eigenvalue weighted by atomic mass is 19.4. The fourth-order valence-electron chi connectivity index (χ4n) is 2.47. The minimum Gasteiger partial charge on any atom is -0.382 e. The van der Waals surface area contributed by atoms with Crippen LogP contribution < -0.4 is 9.90 Å². The van der Waals surface area contributed by atoms with Crippen molar-refractivity contribution < 1.29 is 53.8 Å². The summed E-state index contributed by atoms with van der Waals surface area (Å²) >= 11 is 0. The number of rotatable bonds is 7. The second-order valence-corrected chi connectivity index (χ2v) is 6.72. The molecule has 0 heterocycles. The second kappa shape index (κ2) is 8.68. The summed E-state index contributed by atoms with van der Waals surface area (Å²) in [7, 11) is 0. The van der Waals surface area contributed by atoms with Crippen LogP contribution in [0.1, 0.15) is 11.1 Å². The molecule has 0 bridgehead atoms. The van der Waals surface area contributed by atoms with E-state index in [0.717, 1.165) is 6.07 Å². The van der Waals surface area contributed by atoms with E-state index in [9.17, 15) is 49.0 Å². The number of anilines is 1. The van der Waals surface area contributed by atoms with E-state index in [-0.39, 0.29) is 17.8 Å². The molecule has 1 unspecified atom stereocenters. The molecule has 13 heteroatoms. The minimum absolute atomic E-state index is 0.0777. The molecule has 0 saturated heterocycles. The van der Waals surface area contributed by atoms with Gasteiger partial charge in [0, 0.05) is 5.56 Å². The van der Waals surface area contributed by atoms with Gasteiger partial charge in [0.25, 0.3) is 0 Å². The first-order chi connectivity index (χ1) is 14.5. The summed E-state index contributed by atoms with van der Waals surface area (Å²) in [4.78, 5) is 5.07. The van der Waals surface area contributed by atoms with E-state index in [0.29, 0.717) is 16.7 Å². The lowest BCUT2D eigenvalue weighted by molar-refractivity contribution is -0.359. The van der Waals surface area contributed by atoms with Crippen molar-refractivity contribution in [2.75, 3.05) is 11.6 Å². The highest BCUT2D eigenvalue weighted by molar-refractivity contribution is 5.47.